The molecule has 1 nitrogen and oxygen atoms in total. The second-order valence-corrected chi connectivity index (χ2v) is 5.24. The minimum Gasteiger partial charge on any atom is -0.378 e. The van der Waals surface area contributed by atoms with E-state index in [9.17, 15) is 0 Å². The third kappa shape index (κ3) is 3.26. The van der Waals surface area contributed by atoms with Crippen molar-refractivity contribution in [3.05, 3.63) is 24.3 Å². The van der Waals surface area contributed by atoms with Crippen molar-refractivity contribution >= 4 is 17.4 Å². The Hall–Kier alpha value is -0.630. The van der Waals surface area contributed by atoms with Gasteiger partial charge in [0.2, 0.25) is 0 Å². The number of rotatable bonds is 4. The summed E-state index contributed by atoms with van der Waals surface area (Å²) >= 11 is 1.95. The molecule has 0 aliphatic rings. The van der Waals surface area contributed by atoms with Gasteiger partial charge in [0.05, 0.1) is 0 Å². The highest BCUT2D eigenvalue weighted by Crippen LogP contribution is 2.26. The van der Waals surface area contributed by atoms with E-state index in [1.165, 1.54) is 17.0 Å². The fraction of sp³-hybridized carbons (Fsp3) is 0.500. The number of hydrogen-bond acceptors (Lipinski definition) is 2. The van der Waals surface area contributed by atoms with Crippen molar-refractivity contribution in [2.75, 3.05) is 19.0 Å². The molecule has 0 N–H and O–H groups in total. The van der Waals surface area contributed by atoms with Crippen LogP contribution in [0.2, 0.25) is 0 Å². The molecule has 1 aromatic carbocycles. The molecule has 0 aliphatic heterocycles. The summed E-state index contributed by atoms with van der Waals surface area (Å²) in [5, 5.41) is 0.709. The summed E-state index contributed by atoms with van der Waals surface area (Å²) in [7, 11) is 4.13. The van der Waals surface area contributed by atoms with Crippen LogP contribution >= 0.6 is 11.8 Å². The summed E-state index contributed by atoms with van der Waals surface area (Å²) in [6.45, 7) is 4.50. The van der Waals surface area contributed by atoms with Crippen LogP contribution in [0, 0.1) is 0 Å². The minimum atomic E-state index is 0.709. The van der Waals surface area contributed by atoms with Gasteiger partial charge in [-0.3, -0.25) is 0 Å². The molecule has 2 heteroatoms. The molecule has 78 valence electrons. The van der Waals surface area contributed by atoms with Crippen molar-refractivity contribution in [1.82, 2.24) is 0 Å². The molecule has 1 rings (SSSR count). The van der Waals surface area contributed by atoms with Gasteiger partial charge in [-0.1, -0.05) is 13.8 Å². The van der Waals surface area contributed by atoms with E-state index >= 15 is 0 Å². The Morgan fingerprint density at radius 3 is 2.21 bits per heavy atom. The zero-order valence-electron chi connectivity index (χ0n) is 9.45. The summed E-state index contributed by atoms with van der Waals surface area (Å²) in [5.41, 5.74) is 1.26. The van der Waals surface area contributed by atoms with Gasteiger partial charge in [0.25, 0.3) is 0 Å². The highest BCUT2D eigenvalue weighted by atomic mass is 32.2. The molecule has 1 aromatic rings. The average molecular weight is 209 g/mol. The van der Waals surface area contributed by atoms with E-state index in [2.05, 4.69) is 57.1 Å². The van der Waals surface area contributed by atoms with Crippen molar-refractivity contribution in [2.45, 2.75) is 30.4 Å². The Balaban J connectivity index is 2.64. The molecule has 1 atom stereocenters. The Bertz CT molecular complexity index is 266. The number of anilines is 1. The molecule has 0 spiro atoms. The first-order valence-corrected chi connectivity index (χ1v) is 5.95. The Morgan fingerprint density at radius 2 is 1.79 bits per heavy atom. The lowest BCUT2D eigenvalue weighted by Gasteiger charge is -2.13. The van der Waals surface area contributed by atoms with Gasteiger partial charge in [-0.2, -0.15) is 0 Å². The Labute approximate surface area is 91.5 Å². The van der Waals surface area contributed by atoms with E-state index in [4.69, 9.17) is 0 Å². The van der Waals surface area contributed by atoms with Crippen LogP contribution in [0.1, 0.15) is 20.3 Å². The normalized spacial score (nSPS) is 12.6. The molecule has 0 radical (unpaired) electrons. The second kappa shape index (κ2) is 5.30. The van der Waals surface area contributed by atoms with Gasteiger partial charge in [-0.05, 0) is 30.7 Å². The highest BCUT2D eigenvalue weighted by Gasteiger charge is 2.01. The van der Waals surface area contributed by atoms with Crippen molar-refractivity contribution in [3.63, 3.8) is 0 Å². The largest absolute Gasteiger partial charge is 0.378 e. The third-order valence-corrected chi connectivity index (χ3v) is 3.55. The quantitative estimate of drug-likeness (QED) is 0.696. The predicted octanol–water partition coefficient (Wildman–Crippen LogP) is 3.64. The fourth-order valence-corrected chi connectivity index (χ4v) is 2.06. The van der Waals surface area contributed by atoms with Gasteiger partial charge in [-0.15, -0.1) is 11.8 Å². The zero-order valence-corrected chi connectivity index (χ0v) is 10.3. The van der Waals surface area contributed by atoms with Crippen molar-refractivity contribution in [2.24, 2.45) is 0 Å². The molecule has 14 heavy (non-hydrogen) atoms. The molecule has 0 bridgehead atoms. The van der Waals surface area contributed by atoms with Crippen LogP contribution in [0.3, 0.4) is 0 Å². The fourth-order valence-electron chi connectivity index (χ4n) is 1.14. The van der Waals surface area contributed by atoms with Gasteiger partial charge in [0.1, 0.15) is 0 Å². The van der Waals surface area contributed by atoms with Crippen LogP contribution in [0.15, 0.2) is 29.2 Å². The van der Waals surface area contributed by atoms with Crippen LogP contribution < -0.4 is 4.90 Å². The summed E-state index contributed by atoms with van der Waals surface area (Å²) in [4.78, 5) is 3.49. The van der Waals surface area contributed by atoms with E-state index in [0.717, 1.165) is 0 Å². The molecular formula is C12H19NS. The van der Waals surface area contributed by atoms with Crippen LogP contribution in [-0.2, 0) is 0 Å². The number of nitrogens with zero attached hydrogens (tertiary/aromatic N) is 1. The monoisotopic (exact) mass is 209 g/mol. The molecule has 0 fully saturated rings. The predicted molar refractivity (Wildman–Crippen MR) is 66.4 cm³/mol. The Kier molecular flexibility index (Phi) is 4.33. The summed E-state index contributed by atoms with van der Waals surface area (Å²) in [6, 6.07) is 8.74. The van der Waals surface area contributed by atoms with Gasteiger partial charge >= 0.3 is 0 Å². The minimum absolute atomic E-state index is 0.709. The SMILES string of the molecule is CCC(C)Sc1ccc(N(C)C)cc1. The van der Waals surface area contributed by atoms with Crippen molar-refractivity contribution < 1.29 is 0 Å². The smallest absolute Gasteiger partial charge is 0.0361 e. The molecule has 0 aromatic heterocycles. The number of benzene rings is 1. The molecule has 0 aliphatic carbocycles. The zero-order chi connectivity index (χ0) is 10.6. The van der Waals surface area contributed by atoms with Gasteiger partial charge < -0.3 is 4.90 Å². The first-order valence-electron chi connectivity index (χ1n) is 5.07. The average Bonchev–Trinajstić information content (AvgIpc) is 2.18. The Morgan fingerprint density at radius 1 is 1.21 bits per heavy atom. The lowest BCUT2D eigenvalue weighted by molar-refractivity contribution is 0.905. The summed E-state index contributed by atoms with van der Waals surface area (Å²) in [6.07, 6.45) is 1.22. The standard InChI is InChI=1S/C12H19NS/c1-5-10(2)14-12-8-6-11(7-9-12)13(3)4/h6-10H,5H2,1-4H3. The van der Waals surface area contributed by atoms with Crippen molar-refractivity contribution in [1.29, 1.82) is 0 Å². The molecule has 1 unspecified atom stereocenters. The summed E-state index contributed by atoms with van der Waals surface area (Å²) in [5.74, 6) is 0. The van der Waals surface area contributed by atoms with Crippen LogP contribution in [0.4, 0.5) is 5.69 Å². The molecule has 0 saturated carbocycles. The van der Waals surface area contributed by atoms with Crippen LogP contribution in [-0.4, -0.2) is 19.3 Å². The maximum absolute atomic E-state index is 2.27. The topological polar surface area (TPSA) is 3.24 Å². The van der Waals surface area contributed by atoms with Crippen molar-refractivity contribution in [3.8, 4) is 0 Å². The highest BCUT2D eigenvalue weighted by molar-refractivity contribution is 7.99. The molecule has 0 heterocycles. The van der Waals surface area contributed by atoms with E-state index in [1.54, 1.807) is 0 Å². The lowest BCUT2D eigenvalue weighted by atomic mass is 10.3. The number of hydrogen-bond donors (Lipinski definition) is 0. The van der Waals surface area contributed by atoms with Crippen LogP contribution in [0.5, 0.6) is 0 Å². The van der Waals surface area contributed by atoms with Gasteiger partial charge in [0, 0.05) is 29.9 Å². The first kappa shape index (κ1) is 11.4. The lowest BCUT2D eigenvalue weighted by Crippen LogP contribution is -2.07. The molecule has 0 saturated heterocycles. The maximum Gasteiger partial charge on any atom is 0.0361 e. The maximum atomic E-state index is 2.27. The second-order valence-electron chi connectivity index (χ2n) is 3.73. The van der Waals surface area contributed by atoms with E-state index < -0.39 is 0 Å². The van der Waals surface area contributed by atoms with E-state index in [1.807, 2.05) is 11.8 Å². The van der Waals surface area contributed by atoms with Crippen LogP contribution in [0.25, 0.3) is 0 Å². The van der Waals surface area contributed by atoms with E-state index in [-0.39, 0.29) is 0 Å². The first-order chi connectivity index (χ1) is 6.63. The summed E-state index contributed by atoms with van der Waals surface area (Å²) < 4.78 is 0. The number of thioether (sulfide) groups is 1. The van der Waals surface area contributed by atoms with E-state index in [0.29, 0.717) is 5.25 Å². The molecule has 0 amide bonds. The third-order valence-electron chi connectivity index (χ3n) is 2.27. The van der Waals surface area contributed by atoms with Gasteiger partial charge in [0.15, 0.2) is 0 Å². The molecular weight excluding hydrogens is 190 g/mol. The van der Waals surface area contributed by atoms with Gasteiger partial charge in [-0.25, -0.2) is 0 Å².